The van der Waals surface area contributed by atoms with Crippen LogP contribution in [-0.4, -0.2) is 43.9 Å². The molecule has 2 rings (SSSR count). The van der Waals surface area contributed by atoms with Crippen molar-refractivity contribution in [1.82, 2.24) is 15.6 Å². The van der Waals surface area contributed by atoms with E-state index in [1.807, 2.05) is 12.1 Å². The molecule has 0 fully saturated rings. The number of aromatic nitrogens is 2. The Morgan fingerprint density at radius 1 is 1.23 bits per heavy atom. The second kappa shape index (κ2) is 7.53. The van der Waals surface area contributed by atoms with Crippen LogP contribution in [0.15, 0.2) is 22.8 Å². The Hall–Kier alpha value is -2.29. The monoisotopic (exact) mass is 381 g/mol. The third kappa shape index (κ3) is 5.35. The molecule has 0 saturated heterocycles. The lowest BCUT2D eigenvalue weighted by Crippen LogP contribution is -2.53. The number of fused-ring (bicyclic) bond motifs is 1. The van der Waals surface area contributed by atoms with E-state index >= 15 is 0 Å². The van der Waals surface area contributed by atoms with E-state index < -0.39 is 28.5 Å². The van der Waals surface area contributed by atoms with Gasteiger partial charge in [0.05, 0.1) is 0 Å². The van der Waals surface area contributed by atoms with Gasteiger partial charge in [0, 0.05) is 10.5 Å². The van der Waals surface area contributed by atoms with Gasteiger partial charge in [-0.2, -0.15) is 0 Å². The van der Waals surface area contributed by atoms with Crippen LogP contribution in [0.25, 0.3) is 11.0 Å². The van der Waals surface area contributed by atoms with Gasteiger partial charge in [0.15, 0.2) is 0 Å². The summed E-state index contributed by atoms with van der Waals surface area (Å²) < 4.78 is 9.06. The standard InChI is InChI=1S/C17H23N3O5S/c1-16(2,3)24-15(23)18-13(14(21)22)17(4,5)26-9-10-6-7-11-12(8-10)20-25-19-11/h6-8,13H,9H2,1-5H3,(H,18,23)(H,21,22)/t13-/m1/s1. The van der Waals surface area contributed by atoms with E-state index in [2.05, 4.69) is 20.3 Å². The minimum atomic E-state index is -1.12. The van der Waals surface area contributed by atoms with Crippen LogP contribution < -0.4 is 5.32 Å². The summed E-state index contributed by atoms with van der Waals surface area (Å²) in [6, 6.07) is 4.40. The molecule has 8 nitrogen and oxygen atoms in total. The molecule has 1 heterocycles. The number of carbonyl (C=O) groups excluding carboxylic acids is 1. The first-order valence-corrected chi connectivity index (χ1v) is 9.04. The van der Waals surface area contributed by atoms with Gasteiger partial charge in [0.25, 0.3) is 0 Å². The molecule has 1 aromatic heterocycles. The Morgan fingerprint density at radius 2 is 1.88 bits per heavy atom. The van der Waals surface area contributed by atoms with Crippen LogP contribution in [0.5, 0.6) is 0 Å². The predicted octanol–water partition coefficient (Wildman–Crippen LogP) is 3.21. The molecule has 0 aliphatic carbocycles. The van der Waals surface area contributed by atoms with E-state index in [0.29, 0.717) is 16.8 Å². The lowest BCUT2D eigenvalue weighted by molar-refractivity contribution is -0.140. The number of rotatable bonds is 6. The number of amides is 1. The summed E-state index contributed by atoms with van der Waals surface area (Å²) in [6.45, 7) is 8.69. The summed E-state index contributed by atoms with van der Waals surface area (Å²) >= 11 is 1.41. The van der Waals surface area contributed by atoms with Crippen molar-refractivity contribution >= 4 is 34.9 Å². The summed E-state index contributed by atoms with van der Waals surface area (Å²) in [4.78, 5) is 23.7. The number of alkyl carbamates (subject to hydrolysis) is 1. The molecular weight excluding hydrogens is 358 g/mol. The molecule has 9 heteroatoms. The quantitative estimate of drug-likeness (QED) is 0.784. The first-order valence-electron chi connectivity index (χ1n) is 8.05. The molecule has 0 aliphatic heterocycles. The number of ether oxygens (including phenoxy) is 1. The number of nitrogens with zero attached hydrogens (tertiary/aromatic N) is 2. The van der Waals surface area contributed by atoms with E-state index in [1.165, 1.54) is 11.8 Å². The molecule has 2 aromatic rings. The molecule has 1 amide bonds. The summed E-state index contributed by atoms with van der Waals surface area (Å²) in [5.41, 5.74) is 1.55. The number of hydrogen-bond acceptors (Lipinski definition) is 7. The normalized spacial score (nSPS) is 13.4. The van der Waals surface area contributed by atoms with Gasteiger partial charge in [-0.15, -0.1) is 11.8 Å². The van der Waals surface area contributed by atoms with Crippen molar-refractivity contribution in [2.45, 2.75) is 56.8 Å². The van der Waals surface area contributed by atoms with Crippen LogP contribution in [0, 0.1) is 0 Å². The average Bonchev–Trinajstić information content (AvgIpc) is 2.96. The zero-order chi connectivity index (χ0) is 19.5. The van der Waals surface area contributed by atoms with Gasteiger partial charge in [-0.1, -0.05) is 6.07 Å². The summed E-state index contributed by atoms with van der Waals surface area (Å²) in [5.74, 6) is -0.584. The van der Waals surface area contributed by atoms with Gasteiger partial charge >= 0.3 is 12.1 Å². The SMILES string of the molecule is CC(C)(C)OC(=O)N[C@H](C(=O)O)C(C)(C)SCc1ccc2nonc2c1. The molecule has 0 spiro atoms. The van der Waals surface area contributed by atoms with Gasteiger partial charge in [-0.3, -0.25) is 0 Å². The maximum absolute atomic E-state index is 12.0. The van der Waals surface area contributed by atoms with Crippen molar-refractivity contribution in [1.29, 1.82) is 0 Å². The first kappa shape index (κ1) is 20.0. The van der Waals surface area contributed by atoms with Crippen molar-refractivity contribution in [2.24, 2.45) is 0 Å². The Morgan fingerprint density at radius 3 is 2.50 bits per heavy atom. The molecule has 2 N–H and O–H groups in total. The molecule has 0 unspecified atom stereocenters. The zero-order valence-electron chi connectivity index (χ0n) is 15.4. The lowest BCUT2D eigenvalue weighted by atomic mass is 10.0. The van der Waals surface area contributed by atoms with Crippen molar-refractivity contribution in [3.05, 3.63) is 23.8 Å². The number of carboxylic acid groups (broad SMARTS) is 1. The number of nitrogens with one attached hydrogen (secondary N) is 1. The van der Waals surface area contributed by atoms with E-state index in [0.717, 1.165) is 5.56 Å². The van der Waals surface area contributed by atoms with Crippen LogP contribution in [0.3, 0.4) is 0 Å². The van der Waals surface area contributed by atoms with E-state index in [4.69, 9.17) is 4.74 Å². The molecule has 1 aromatic carbocycles. The molecule has 26 heavy (non-hydrogen) atoms. The van der Waals surface area contributed by atoms with Crippen molar-refractivity contribution in [2.75, 3.05) is 0 Å². The van der Waals surface area contributed by atoms with E-state index in [9.17, 15) is 14.7 Å². The van der Waals surface area contributed by atoms with E-state index in [1.54, 1.807) is 40.7 Å². The Labute approximate surface area is 155 Å². The third-order valence-corrected chi connectivity index (χ3v) is 4.99. The molecule has 0 aliphatic rings. The minimum absolute atomic E-state index is 0.537. The lowest BCUT2D eigenvalue weighted by Gasteiger charge is -2.32. The third-order valence-electron chi connectivity index (χ3n) is 3.53. The Kier molecular flexibility index (Phi) is 5.80. The van der Waals surface area contributed by atoms with Crippen LogP contribution in [0.1, 0.15) is 40.2 Å². The Bertz CT molecular complexity index is 797. The van der Waals surface area contributed by atoms with Gasteiger partial charge in [-0.25, -0.2) is 14.2 Å². The zero-order valence-corrected chi connectivity index (χ0v) is 16.2. The number of carbonyl (C=O) groups is 2. The van der Waals surface area contributed by atoms with Gasteiger partial charge in [0.2, 0.25) is 0 Å². The number of hydrogen-bond donors (Lipinski definition) is 2. The molecule has 142 valence electrons. The number of carboxylic acids is 1. The fourth-order valence-electron chi connectivity index (χ4n) is 2.23. The smallest absolute Gasteiger partial charge is 0.408 e. The van der Waals surface area contributed by atoms with Crippen LogP contribution in [0.2, 0.25) is 0 Å². The second-order valence-corrected chi connectivity index (χ2v) is 9.03. The molecule has 0 saturated carbocycles. The fraction of sp³-hybridized carbons (Fsp3) is 0.529. The predicted molar refractivity (Wildman–Crippen MR) is 98.0 cm³/mol. The molecule has 1 atom stereocenters. The number of aliphatic carboxylic acids is 1. The van der Waals surface area contributed by atoms with Gasteiger partial charge in [0.1, 0.15) is 22.7 Å². The molecule has 0 radical (unpaired) electrons. The summed E-state index contributed by atoms with van der Waals surface area (Å²) in [5, 5.41) is 19.6. The van der Waals surface area contributed by atoms with E-state index in [-0.39, 0.29) is 0 Å². The second-order valence-electron chi connectivity index (χ2n) is 7.40. The van der Waals surface area contributed by atoms with Crippen LogP contribution >= 0.6 is 11.8 Å². The molecule has 0 bridgehead atoms. The topological polar surface area (TPSA) is 115 Å². The maximum atomic E-state index is 12.0. The van der Waals surface area contributed by atoms with Gasteiger partial charge in [-0.05, 0) is 62.6 Å². The number of benzene rings is 1. The first-order chi connectivity index (χ1) is 12.0. The highest BCUT2D eigenvalue weighted by Crippen LogP contribution is 2.32. The maximum Gasteiger partial charge on any atom is 0.408 e. The molecular formula is C17H23N3O5S. The van der Waals surface area contributed by atoms with Crippen LogP contribution in [-0.2, 0) is 15.3 Å². The average molecular weight is 381 g/mol. The number of thioether (sulfide) groups is 1. The Balaban J connectivity index is 2.05. The highest BCUT2D eigenvalue weighted by Gasteiger charge is 2.38. The van der Waals surface area contributed by atoms with Gasteiger partial charge < -0.3 is 15.2 Å². The summed E-state index contributed by atoms with van der Waals surface area (Å²) in [6.07, 6.45) is -0.756. The minimum Gasteiger partial charge on any atom is -0.480 e. The highest BCUT2D eigenvalue weighted by atomic mass is 32.2. The van der Waals surface area contributed by atoms with Crippen molar-refractivity contribution < 1.29 is 24.1 Å². The van der Waals surface area contributed by atoms with Crippen molar-refractivity contribution in [3.8, 4) is 0 Å². The summed E-state index contributed by atoms with van der Waals surface area (Å²) in [7, 11) is 0. The van der Waals surface area contributed by atoms with Crippen LogP contribution in [0.4, 0.5) is 4.79 Å². The fourth-order valence-corrected chi connectivity index (χ4v) is 3.27. The highest BCUT2D eigenvalue weighted by molar-refractivity contribution is 7.99. The largest absolute Gasteiger partial charge is 0.480 e. The van der Waals surface area contributed by atoms with Crippen molar-refractivity contribution in [3.63, 3.8) is 0 Å².